The molecule has 0 aliphatic heterocycles. The number of aromatic nitrogens is 2. The number of aliphatic hydroxyl groups is 1. The summed E-state index contributed by atoms with van der Waals surface area (Å²) in [4.78, 5) is 8.59. The maximum atomic E-state index is 9.40. The van der Waals surface area contributed by atoms with Crippen molar-refractivity contribution < 1.29 is 5.11 Å². The van der Waals surface area contributed by atoms with E-state index < -0.39 is 0 Å². The molecule has 2 unspecified atom stereocenters. The first-order chi connectivity index (χ1) is 8.72. The van der Waals surface area contributed by atoms with Crippen molar-refractivity contribution in [3.8, 4) is 0 Å². The topological polar surface area (TPSA) is 84.1 Å². The van der Waals surface area contributed by atoms with E-state index in [1.54, 1.807) is 6.07 Å². The van der Waals surface area contributed by atoms with Gasteiger partial charge in [-0.1, -0.05) is 19.8 Å². The summed E-state index contributed by atoms with van der Waals surface area (Å²) in [6, 6.07) is 2.06. The van der Waals surface area contributed by atoms with Gasteiger partial charge in [-0.25, -0.2) is 9.97 Å². The number of rotatable bonds is 4. The number of nitrogens with zero attached hydrogens (tertiary/aromatic N) is 2. The zero-order valence-corrected chi connectivity index (χ0v) is 10.9. The Hall–Kier alpha value is -1.36. The molecule has 0 bridgehead atoms. The lowest BCUT2D eigenvalue weighted by atomic mass is 9.85. The number of hydrogen-bond donors (Lipinski definition) is 3. The van der Waals surface area contributed by atoms with Crippen molar-refractivity contribution in [1.82, 2.24) is 9.97 Å². The van der Waals surface area contributed by atoms with Gasteiger partial charge in [0.05, 0.1) is 0 Å². The summed E-state index contributed by atoms with van der Waals surface area (Å²) in [5.74, 6) is 2.36. The summed E-state index contributed by atoms with van der Waals surface area (Å²) >= 11 is 0. The molecule has 1 aromatic heterocycles. The number of aliphatic hydroxyl groups excluding tert-OH is 1. The second-order valence-corrected chi connectivity index (χ2v) is 4.93. The third kappa shape index (κ3) is 3.10. The summed E-state index contributed by atoms with van der Waals surface area (Å²) in [7, 11) is 0. The van der Waals surface area contributed by atoms with E-state index in [-0.39, 0.29) is 6.61 Å². The Labute approximate surface area is 108 Å². The molecule has 0 spiro atoms. The van der Waals surface area contributed by atoms with Crippen LogP contribution in [0.5, 0.6) is 0 Å². The van der Waals surface area contributed by atoms with Gasteiger partial charge in [0.25, 0.3) is 0 Å². The van der Waals surface area contributed by atoms with Gasteiger partial charge in [0, 0.05) is 31.1 Å². The average Bonchev–Trinajstić information content (AvgIpc) is 2.38. The van der Waals surface area contributed by atoms with Crippen molar-refractivity contribution in [3.63, 3.8) is 0 Å². The monoisotopic (exact) mass is 250 g/mol. The summed E-state index contributed by atoms with van der Waals surface area (Å²) in [5.41, 5.74) is 5.77. The molecular formula is C13H22N4O. The molecule has 5 nitrogen and oxygen atoms in total. The van der Waals surface area contributed by atoms with Gasteiger partial charge in [0.1, 0.15) is 17.5 Å². The van der Waals surface area contributed by atoms with E-state index in [0.29, 0.717) is 17.8 Å². The van der Waals surface area contributed by atoms with Crippen LogP contribution in [0.2, 0.25) is 0 Å². The maximum absolute atomic E-state index is 9.40. The zero-order valence-electron chi connectivity index (χ0n) is 10.9. The van der Waals surface area contributed by atoms with Crippen molar-refractivity contribution in [1.29, 1.82) is 0 Å². The van der Waals surface area contributed by atoms with E-state index in [1.807, 2.05) is 6.92 Å². The standard InChI is InChI=1S/C13H22N4O/c1-2-12-16-11(14)7-13(17-12)15-10-6-4-3-5-9(10)8-18/h7,9-10,18H,2-6,8H2,1H3,(H3,14,15,16,17). The van der Waals surface area contributed by atoms with Crippen molar-refractivity contribution >= 4 is 11.6 Å². The molecule has 2 atom stereocenters. The Morgan fingerprint density at radius 3 is 2.89 bits per heavy atom. The smallest absolute Gasteiger partial charge is 0.132 e. The highest BCUT2D eigenvalue weighted by molar-refractivity contribution is 5.45. The number of nitrogens with two attached hydrogens (primary N) is 1. The molecule has 0 aromatic carbocycles. The molecule has 1 aliphatic carbocycles. The van der Waals surface area contributed by atoms with E-state index in [9.17, 15) is 5.11 Å². The summed E-state index contributed by atoms with van der Waals surface area (Å²) < 4.78 is 0. The van der Waals surface area contributed by atoms with Crippen LogP contribution >= 0.6 is 0 Å². The Balaban J connectivity index is 2.09. The lowest BCUT2D eigenvalue weighted by molar-refractivity contribution is 0.178. The molecule has 5 heteroatoms. The van der Waals surface area contributed by atoms with Crippen LogP contribution < -0.4 is 11.1 Å². The second-order valence-electron chi connectivity index (χ2n) is 4.93. The SMILES string of the molecule is CCc1nc(N)cc(NC2CCCCC2CO)n1. The van der Waals surface area contributed by atoms with E-state index in [2.05, 4.69) is 15.3 Å². The Morgan fingerprint density at radius 2 is 2.17 bits per heavy atom. The maximum Gasteiger partial charge on any atom is 0.132 e. The first kappa shape index (κ1) is 13.1. The van der Waals surface area contributed by atoms with E-state index in [0.717, 1.165) is 30.9 Å². The minimum Gasteiger partial charge on any atom is -0.396 e. The first-order valence-electron chi connectivity index (χ1n) is 6.73. The number of anilines is 2. The lowest BCUT2D eigenvalue weighted by Gasteiger charge is -2.31. The third-order valence-corrected chi connectivity index (χ3v) is 3.59. The first-order valence-corrected chi connectivity index (χ1v) is 6.73. The third-order valence-electron chi connectivity index (χ3n) is 3.59. The van der Waals surface area contributed by atoms with Crippen molar-refractivity contribution in [2.45, 2.75) is 45.1 Å². The Kier molecular flexibility index (Phi) is 4.36. The van der Waals surface area contributed by atoms with Gasteiger partial charge < -0.3 is 16.2 Å². The molecule has 100 valence electrons. The zero-order chi connectivity index (χ0) is 13.0. The van der Waals surface area contributed by atoms with E-state index >= 15 is 0 Å². The van der Waals surface area contributed by atoms with Crippen LogP contribution in [0.25, 0.3) is 0 Å². The fraction of sp³-hybridized carbons (Fsp3) is 0.692. The molecule has 1 saturated carbocycles. The summed E-state index contributed by atoms with van der Waals surface area (Å²) in [6.07, 6.45) is 5.34. The molecule has 2 rings (SSSR count). The summed E-state index contributed by atoms with van der Waals surface area (Å²) in [6.45, 7) is 2.24. The number of hydrogen-bond acceptors (Lipinski definition) is 5. The molecule has 1 aliphatic rings. The van der Waals surface area contributed by atoms with E-state index in [4.69, 9.17) is 5.73 Å². The molecule has 18 heavy (non-hydrogen) atoms. The van der Waals surface area contributed by atoms with Crippen molar-refractivity contribution in [2.24, 2.45) is 5.92 Å². The minimum absolute atomic E-state index is 0.235. The molecule has 1 aromatic rings. The molecule has 0 saturated heterocycles. The van der Waals surface area contributed by atoms with Crippen molar-refractivity contribution in [3.05, 3.63) is 11.9 Å². The Morgan fingerprint density at radius 1 is 1.39 bits per heavy atom. The Bertz CT molecular complexity index is 397. The predicted octanol–water partition coefficient (Wildman–Crippen LogP) is 1.58. The van der Waals surface area contributed by atoms with Crippen molar-refractivity contribution in [2.75, 3.05) is 17.7 Å². The van der Waals surface area contributed by atoms with Crippen LogP contribution in [0.1, 0.15) is 38.4 Å². The van der Waals surface area contributed by atoms with Gasteiger partial charge in [-0.3, -0.25) is 0 Å². The highest BCUT2D eigenvalue weighted by Crippen LogP contribution is 2.26. The fourth-order valence-corrected chi connectivity index (χ4v) is 2.56. The molecule has 0 amide bonds. The molecule has 0 radical (unpaired) electrons. The van der Waals surface area contributed by atoms with Crippen LogP contribution in [-0.4, -0.2) is 27.7 Å². The van der Waals surface area contributed by atoms with Gasteiger partial charge in [-0.05, 0) is 12.8 Å². The van der Waals surface area contributed by atoms with Crippen LogP contribution in [-0.2, 0) is 6.42 Å². The predicted molar refractivity (Wildman–Crippen MR) is 72.3 cm³/mol. The van der Waals surface area contributed by atoms with Gasteiger partial charge in [0.2, 0.25) is 0 Å². The quantitative estimate of drug-likeness (QED) is 0.755. The minimum atomic E-state index is 0.235. The second kappa shape index (κ2) is 6.00. The summed E-state index contributed by atoms with van der Waals surface area (Å²) in [5, 5.41) is 12.8. The highest BCUT2D eigenvalue weighted by atomic mass is 16.3. The lowest BCUT2D eigenvalue weighted by Crippen LogP contribution is -2.34. The molecular weight excluding hydrogens is 228 g/mol. The van der Waals surface area contributed by atoms with Crippen LogP contribution in [0.4, 0.5) is 11.6 Å². The van der Waals surface area contributed by atoms with Gasteiger partial charge in [0.15, 0.2) is 0 Å². The number of aryl methyl sites for hydroxylation is 1. The van der Waals surface area contributed by atoms with Gasteiger partial charge in [-0.2, -0.15) is 0 Å². The number of nitrogens with one attached hydrogen (secondary N) is 1. The molecule has 1 fully saturated rings. The van der Waals surface area contributed by atoms with E-state index in [1.165, 1.54) is 12.8 Å². The van der Waals surface area contributed by atoms with Crippen LogP contribution in [0, 0.1) is 5.92 Å². The largest absolute Gasteiger partial charge is 0.396 e. The van der Waals surface area contributed by atoms with Crippen LogP contribution in [0.3, 0.4) is 0 Å². The fourth-order valence-electron chi connectivity index (χ4n) is 2.56. The molecule has 1 heterocycles. The van der Waals surface area contributed by atoms with Gasteiger partial charge in [-0.15, -0.1) is 0 Å². The normalized spacial score (nSPS) is 23.9. The van der Waals surface area contributed by atoms with Crippen LogP contribution in [0.15, 0.2) is 6.07 Å². The number of nitrogen functional groups attached to an aromatic ring is 1. The molecule has 4 N–H and O–H groups in total. The average molecular weight is 250 g/mol. The highest BCUT2D eigenvalue weighted by Gasteiger charge is 2.24. The van der Waals surface area contributed by atoms with Gasteiger partial charge >= 0.3 is 0 Å².